The lowest BCUT2D eigenvalue weighted by atomic mass is 10.2. The van der Waals surface area contributed by atoms with Crippen LogP contribution < -0.4 is 11.1 Å². The molecule has 0 saturated carbocycles. The maximum atomic E-state index is 8.52. The van der Waals surface area contributed by atoms with Gasteiger partial charge in [0.15, 0.2) is 5.84 Å². The van der Waals surface area contributed by atoms with Crippen LogP contribution in [0.5, 0.6) is 0 Å². The summed E-state index contributed by atoms with van der Waals surface area (Å²) in [6.07, 6.45) is 1.62. The molecular formula is C10H13BrN4O. The van der Waals surface area contributed by atoms with Crippen LogP contribution in [0.4, 0.5) is 0 Å². The molecule has 0 bridgehead atoms. The molecule has 5 nitrogen and oxygen atoms in total. The second-order valence-corrected chi connectivity index (χ2v) is 4.28. The third-order valence-corrected chi connectivity index (χ3v) is 2.12. The number of amidine groups is 1. The number of pyridine rings is 1. The summed E-state index contributed by atoms with van der Waals surface area (Å²) in [4.78, 5) is 3.98. The van der Waals surface area contributed by atoms with Crippen LogP contribution in [-0.4, -0.2) is 22.6 Å². The topological polar surface area (TPSA) is 83.5 Å². The molecule has 4 N–H and O–H groups in total. The van der Waals surface area contributed by atoms with E-state index in [9.17, 15) is 0 Å². The number of rotatable bonds is 5. The van der Waals surface area contributed by atoms with Crippen LogP contribution in [-0.2, 0) is 6.54 Å². The zero-order chi connectivity index (χ0) is 12.0. The molecule has 1 heterocycles. The summed E-state index contributed by atoms with van der Waals surface area (Å²) in [6.45, 7) is 5.06. The van der Waals surface area contributed by atoms with E-state index in [4.69, 9.17) is 10.9 Å². The van der Waals surface area contributed by atoms with Gasteiger partial charge in [-0.05, 0) is 17.7 Å². The number of nitrogens with one attached hydrogen (secondary N) is 1. The van der Waals surface area contributed by atoms with Gasteiger partial charge in [-0.2, -0.15) is 0 Å². The molecule has 0 atom stereocenters. The second kappa shape index (κ2) is 6.24. The molecule has 0 unspecified atom stereocenters. The highest BCUT2D eigenvalue weighted by Gasteiger charge is 2.01. The van der Waals surface area contributed by atoms with E-state index in [2.05, 4.69) is 38.0 Å². The van der Waals surface area contributed by atoms with Crippen LogP contribution in [0.1, 0.15) is 11.3 Å². The Morgan fingerprint density at radius 3 is 3.06 bits per heavy atom. The quantitative estimate of drug-likeness (QED) is 0.328. The molecule has 0 saturated heterocycles. The highest BCUT2D eigenvalue weighted by atomic mass is 79.9. The van der Waals surface area contributed by atoms with E-state index in [0.29, 0.717) is 18.8 Å². The summed E-state index contributed by atoms with van der Waals surface area (Å²) in [7, 11) is 0. The number of hydrogen-bond acceptors (Lipinski definition) is 4. The molecule has 6 heteroatoms. The summed E-state index contributed by atoms with van der Waals surface area (Å²) in [5, 5.41) is 14.6. The fourth-order valence-electron chi connectivity index (χ4n) is 1.12. The fraction of sp³-hybridized carbons (Fsp3) is 0.200. The number of oxime groups is 1. The van der Waals surface area contributed by atoms with E-state index >= 15 is 0 Å². The molecule has 0 aliphatic carbocycles. The van der Waals surface area contributed by atoms with E-state index < -0.39 is 0 Å². The molecule has 1 aromatic rings. The maximum absolute atomic E-state index is 8.52. The molecule has 16 heavy (non-hydrogen) atoms. The summed E-state index contributed by atoms with van der Waals surface area (Å²) in [5.74, 6) is 0.00625. The largest absolute Gasteiger partial charge is 0.409 e. The van der Waals surface area contributed by atoms with Gasteiger partial charge in [0.2, 0.25) is 0 Å². The average molecular weight is 285 g/mol. The van der Waals surface area contributed by atoms with Gasteiger partial charge in [0, 0.05) is 23.8 Å². The first kappa shape index (κ1) is 12.7. The number of halogens is 1. The zero-order valence-corrected chi connectivity index (χ0v) is 10.2. The predicted molar refractivity (Wildman–Crippen MR) is 66.5 cm³/mol. The molecule has 0 aliphatic heterocycles. The van der Waals surface area contributed by atoms with Crippen molar-refractivity contribution in [2.24, 2.45) is 10.9 Å². The van der Waals surface area contributed by atoms with Crippen LogP contribution in [0.25, 0.3) is 0 Å². The Balaban J connectivity index is 2.64. The van der Waals surface area contributed by atoms with Gasteiger partial charge in [0.25, 0.3) is 0 Å². The number of nitrogens with two attached hydrogens (primary N) is 1. The molecule has 0 fully saturated rings. The number of nitrogens with zero attached hydrogens (tertiary/aromatic N) is 2. The van der Waals surface area contributed by atoms with Gasteiger partial charge in [-0.15, -0.1) is 0 Å². The minimum atomic E-state index is 0.00625. The van der Waals surface area contributed by atoms with Gasteiger partial charge in [-0.25, -0.2) is 0 Å². The standard InChI is InChI=1S/C10H13BrN4O/c1-7(11)5-13-6-8-2-3-14-9(4-8)10(12)15-16/h2-4,13,16H,1,5-6H2,(H2,12,15). The van der Waals surface area contributed by atoms with E-state index in [1.807, 2.05) is 6.07 Å². The molecule has 0 spiro atoms. The first-order chi connectivity index (χ1) is 7.63. The van der Waals surface area contributed by atoms with Gasteiger partial charge in [0.1, 0.15) is 5.69 Å². The Hall–Kier alpha value is -1.40. The van der Waals surface area contributed by atoms with E-state index in [1.165, 1.54) is 0 Å². The van der Waals surface area contributed by atoms with Crippen molar-refractivity contribution in [1.29, 1.82) is 0 Å². The molecule has 0 amide bonds. The second-order valence-electron chi connectivity index (χ2n) is 3.16. The Bertz CT molecular complexity index is 406. The highest BCUT2D eigenvalue weighted by molar-refractivity contribution is 9.11. The van der Waals surface area contributed by atoms with Gasteiger partial charge in [0.05, 0.1) is 0 Å². The Labute approximate surface area is 102 Å². The summed E-state index contributed by atoms with van der Waals surface area (Å²) < 4.78 is 0.887. The minimum Gasteiger partial charge on any atom is -0.409 e. The van der Waals surface area contributed by atoms with Gasteiger partial charge < -0.3 is 16.3 Å². The van der Waals surface area contributed by atoms with Crippen molar-refractivity contribution in [2.75, 3.05) is 6.54 Å². The summed E-state index contributed by atoms with van der Waals surface area (Å²) >= 11 is 3.26. The zero-order valence-electron chi connectivity index (χ0n) is 8.65. The van der Waals surface area contributed by atoms with E-state index in [0.717, 1.165) is 10.0 Å². The van der Waals surface area contributed by atoms with Gasteiger partial charge >= 0.3 is 0 Å². The lowest BCUT2D eigenvalue weighted by Gasteiger charge is -2.05. The third kappa shape index (κ3) is 4.00. The van der Waals surface area contributed by atoms with Crippen LogP contribution >= 0.6 is 15.9 Å². The first-order valence-corrected chi connectivity index (χ1v) is 5.39. The first-order valence-electron chi connectivity index (χ1n) is 4.60. The number of hydrogen-bond donors (Lipinski definition) is 3. The highest BCUT2D eigenvalue weighted by Crippen LogP contribution is 2.03. The maximum Gasteiger partial charge on any atom is 0.188 e. The summed E-state index contributed by atoms with van der Waals surface area (Å²) in [5.41, 5.74) is 6.90. The third-order valence-electron chi connectivity index (χ3n) is 1.84. The Morgan fingerprint density at radius 1 is 1.69 bits per heavy atom. The Morgan fingerprint density at radius 2 is 2.44 bits per heavy atom. The molecule has 0 aliphatic rings. The fourth-order valence-corrected chi connectivity index (χ4v) is 1.32. The van der Waals surface area contributed by atoms with Crippen molar-refractivity contribution < 1.29 is 5.21 Å². The predicted octanol–water partition coefficient (Wildman–Crippen LogP) is 1.17. The lowest BCUT2D eigenvalue weighted by Crippen LogP contribution is -2.17. The van der Waals surface area contributed by atoms with Crippen molar-refractivity contribution in [3.63, 3.8) is 0 Å². The molecule has 1 aromatic heterocycles. The van der Waals surface area contributed by atoms with Crippen LogP contribution in [0, 0.1) is 0 Å². The smallest absolute Gasteiger partial charge is 0.188 e. The molecule has 86 valence electrons. The monoisotopic (exact) mass is 284 g/mol. The Kier molecular flexibility index (Phi) is 4.94. The van der Waals surface area contributed by atoms with Crippen LogP contribution in [0.2, 0.25) is 0 Å². The summed E-state index contributed by atoms with van der Waals surface area (Å²) in [6, 6.07) is 3.62. The van der Waals surface area contributed by atoms with Crippen LogP contribution in [0.15, 0.2) is 34.5 Å². The average Bonchev–Trinajstić information content (AvgIpc) is 2.28. The molecule has 0 radical (unpaired) electrons. The molecule has 0 aromatic carbocycles. The SMILES string of the molecule is C=C(Br)CNCc1ccnc(/C(N)=N\O)c1. The van der Waals surface area contributed by atoms with Crippen LogP contribution in [0.3, 0.4) is 0 Å². The normalized spacial score (nSPS) is 11.4. The van der Waals surface area contributed by atoms with Crippen molar-refractivity contribution in [2.45, 2.75) is 6.54 Å². The van der Waals surface area contributed by atoms with E-state index in [1.54, 1.807) is 12.3 Å². The minimum absolute atomic E-state index is 0.00625. The molecule has 1 rings (SSSR count). The van der Waals surface area contributed by atoms with Crippen molar-refractivity contribution in [1.82, 2.24) is 10.3 Å². The van der Waals surface area contributed by atoms with Gasteiger partial charge in [-0.1, -0.05) is 27.7 Å². The van der Waals surface area contributed by atoms with Gasteiger partial charge in [-0.3, -0.25) is 4.98 Å². The van der Waals surface area contributed by atoms with Crippen molar-refractivity contribution in [3.8, 4) is 0 Å². The van der Waals surface area contributed by atoms with Crippen molar-refractivity contribution >= 4 is 21.8 Å². The van der Waals surface area contributed by atoms with E-state index in [-0.39, 0.29) is 5.84 Å². The lowest BCUT2D eigenvalue weighted by molar-refractivity contribution is 0.318. The molecular weight excluding hydrogens is 272 g/mol. The van der Waals surface area contributed by atoms with Crippen molar-refractivity contribution in [3.05, 3.63) is 40.6 Å². The number of aromatic nitrogens is 1.